The Labute approximate surface area is 98.1 Å². The van der Waals surface area contributed by atoms with E-state index in [9.17, 15) is 0 Å². The third-order valence-corrected chi connectivity index (χ3v) is 2.91. The van der Waals surface area contributed by atoms with Gasteiger partial charge in [-0.05, 0) is 13.8 Å². The van der Waals surface area contributed by atoms with E-state index >= 15 is 0 Å². The summed E-state index contributed by atoms with van der Waals surface area (Å²) in [6, 6.07) is 0. The van der Waals surface area contributed by atoms with Crippen LogP contribution in [0.1, 0.15) is 13.8 Å². The minimum absolute atomic E-state index is 0.0323. The molecule has 0 heterocycles. The molecule has 0 rings (SSSR count). The molecule has 0 aromatic carbocycles. The second kappa shape index (κ2) is 11.7. The third-order valence-electron chi connectivity index (χ3n) is 1.65. The largest absolute Gasteiger partial charge is 0.395 e. The van der Waals surface area contributed by atoms with E-state index in [4.69, 9.17) is 23.8 Å². The summed E-state index contributed by atoms with van der Waals surface area (Å²) in [5.41, 5.74) is 0. The van der Waals surface area contributed by atoms with Crippen LogP contribution in [0.4, 0.5) is 0 Å². The van der Waals surface area contributed by atoms with Gasteiger partial charge in [-0.3, -0.25) is 9.42 Å². The maximum atomic E-state index is 8.80. The van der Waals surface area contributed by atoms with Crippen LogP contribution >= 0.6 is 8.60 Å². The molecule has 0 amide bonds. The highest BCUT2D eigenvalue weighted by molar-refractivity contribution is 7.41. The molecule has 0 aliphatic heterocycles. The van der Waals surface area contributed by atoms with E-state index in [1.807, 2.05) is 13.8 Å². The summed E-state index contributed by atoms with van der Waals surface area (Å²) in [6.07, 6.45) is 0. The van der Waals surface area contributed by atoms with E-state index in [0.29, 0.717) is 26.3 Å². The lowest BCUT2D eigenvalue weighted by atomic mass is 10.5. The van der Waals surface area contributed by atoms with Gasteiger partial charge in [-0.15, -0.1) is 0 Å². The molecule has 0 aromatic rings. The number of aliphatic hydroxyl groups excluding tert-OH is 2. The van der Waals surface area contributed by atoms with Crippen molar-refractivity contribution in [3.05, 3.63) is 0 Å². The molecule has 6 nitrogen and oxygen atoms in total. The maximum Gasteiger partial charge on any atom is 0.333 e. The molecule has 7 heteroatoms. The van der Waals surface area contributed by atoms with E-state index in [-0.39, 0.29) is 19.9 Å². The van der Waals surface area contributed by atoms with Gasteiger partial charge >= 0.3 is 8.60 Å². The topological polar surface area (TPSA) is 71.4 Å². The van der Waals surface area contributed by atoms with Gasteiger partial charge < -0.3 is 19.3 Å². The smallest absolute Gasteiger partial charge is 0.333 e. The van der Waals surface area contributed by atoms with Crippen molar-refractivity contribution in [2.75, 3.05) is 46.2 Å². The van der Waals surface area contributed by atoms with Crippen molar-refractivity contribution in [2.24, 2.45) is 0 Å². The van der Waals surface area contributed by atoms with Gasteiger partial charge in [0, 0.05) is 13.1 Å². The maximum absolute atomic E-state index is 8.80. The van der Waals surface area contributed by atoms with E-state index in [0.717, 1.165) is 0 Å². The van der Waals surface area contributed by atoms with Gasteiger partial charge in [-0.1, -0.05) is 0 Å². The van der Waals surface area contributed by atoms with E-state index < -0.39 is 8.60 Å². The first kappa shape index (κ1) is 16.2. The number of rotatable bonds is 11. The van der Waals surface area contributed by atoms with E-state index in [1.54, 1.807) is 4.90 Å². The van der Waals surface area contributed by atoms with E-state index in [2.05, 4.69) is 0 Å². The fourth-order valence-corrected chi connectivity index (χ4v) is 1.88. The summed E-state index contributed by atoms with van der Waals surface area (Å²) in [4.78, 5) is 1.79. The number of aliphatic hydroxyl groups is 2. The molecular weight excluding hydrogens is 233 g/mol. The van der Waals surface area contributed by atoms with Crippen molar-refractivity contribution < 1.29 is 23.8 Å². The van der Waals surface area contributed by atoms with Crippen LogP contribution in [0.15, 0.2) is 0 Å². The summed E-state index contributed by atoms with van der Waals surface area (Å²) < 4.78 is 15.9. The fraction of sp³-hybridized carbons (Fsp3) is 1.00. The quantitative estimate of drug-likeness (QED) is 0.415. The Bertz CT molecular complexity index is 124. The molecule has 0 aromatic heterocycles. The molecular formula is C9H22NO5P. The summed E-state index contributed by atoms with van der Waals surface area (Å²) >= 11 is 0. The lowest BCUT2D eigenvalue weighted by Crippen LogP contribution is -2.31. The number of hydrogen-bond donors (Lipinski definition) is 2. The predicted octanol–water partition coefficient (Wildman–Crippen LogP) is 0.547. The van der Waals surface area contributed by atoms with Crippen LogP contribution in [0.5, 0.6) is 0 Å². The van der Waals surface area contributed by atoms with Crippen molar-refractivity contribution in [3.8, 4) is 0 Å². The summed E-state index contributed by atoms with van der Waals surface area (Å²) in [7, 11) is -1.32. The first-order chi connectivity index (χ1) is 7.78. The Balaban J connectivity index is 3.83. The van der Waals surface area contributed by atoms with Gasteiger partial charge in [0.15, 0.2) is 0 Å². The Morgan fingerprint density at radius 3 is 1.81 bits per heavy atom. The highest BCUT2D eigenvalue weighted by Crippen LogP contribution is 2.39. The highest BCUT2D eigenvalue weighted by atomic mass is 31.2. The van der Waals surface area contributed by atoms with Crippen LogP contribution in [0, 0.1) is 0 Å². The Hall–Kier alpha value is 0.190. The SMILES string of the molecule is CCOP(OCC)OCN(CCO)CCO. The molecule has 16 heavy (non-hydrogen) atoms. The number of hydrogen-bond acceptors (Lipinski definition) is 6. The molecule has 0 bridgehead atoms. The molecule has 0 radical (unpaired) electrons. The van der Waals surface area contributed by atoms with Gasteiger partial charge in [-0.2, -0.15) is 0 Å². The van der Waals surface area contributed by atoms with Gasteiger partial charge in [0.2, 0.25) is 0 Å². The minimum Gasteiger partial charge on any atom is -0.395 e. The summed E-state index contributed by atoms with van der Waals surface area (Å²) in [6.45, 7) is 6.08. The van der Waals surface area contributed by atoms with Crippen LogP contribution in [-0.2, 0) is 13.6 Å². The second-order valence-corrected chi connectivity index (χ2v) is 4.10. The summed E-state index contributed by atoms with van der Waals surface area (Å²) in [5, 5.41) is 17.6. The molecule has 0 aliphatic carbocycles. The van der Waals surface area contributed by atoms with Gasteiger partial charge in [-0.25, -0.2) is 0 Å². The van der Waals surface area contributed by atoms with Gasteiger partial charge in [0.1, 0.15) is 6.73 Å². The predicted molar refractivity (Wildman–Crippen MR) is 61.9 cm³/mol. The minimum atomic E-state index is -1.32. The van der Waals surface area contributed by atoms with Gasteiger partial charge in [0.25, 0.3) is 0 Å². The Morgan fingerprint density at radius 1 is 0.938 bits per heavy atom. The normalized spacial score (nSPS) is 11.6. The molecule has 0 atom stereocenters. The average Bonchev–Trinajstić information content (AvgIpc) is 2.27. The average molecular weight is 255 g/mol. The van der Waals surface area contributed by atoms with Crippen molar-refractivity contribution in [2.45, 2.75) is 13.8 Å². The van der Waals surface area contributed by atoms with Crippen LogP contribution < -0.4 is 0 Å². The first-order valence-electron chi connectivity index (χ1n) is 5.41. The molecule has 0 saturated carbocycles. The lowest BCUT2D eigenvalue weighted by molar-refractivity contribution is 0.0639. The van der Waals surface area contributed by atoms with Crippen LogP contribution in [0.2, 0.25) is 0 Å². The fourth-order valence-electron chi connectivity index (χ4n) is 0.975. The molecule has 0 saturated heterocycles. The molecule has 2 N–H and O–H groups in total. The molecule has 98 valence electrons. The zero-order valence-corrected chi connectivity index (χ0v) is 10.9. The summed E-state index contributed by atoms with van der Waals surface area (Å²) in [5.74, 6) is 0. The van der Waals surface area contributed by atoms with Crippen molar-refractivity contribution in [1.82, 2.24) is 4.90 Å². The highest BCUT2D eigenvalue weighted by Gasteiger charge is 2.13. The molecule has 0 aliphatic rings. The van der Waals surface area contributed by atoms with Crippen molar-refractivity contribution in [3.63, 3.8) is 0 Å². The lowest BCUT2D eigenvalue weighted by Gasteiger charge is -2.22. The van der Waals surface area contributed by atoms with E-state index in [1.165, 1.54) is 0 Å². The van der Waals surface area contributed by atoms with Crippen molar-refractivity contribution in [1.29, 1.82) is 0 Å². The Kier molecular flexibility index (Phi) is 11.8. The zero-order chi connectivity index (χ0) is 12.2. The van der Waals surface area contributed by atoms with Crippen LogP contribution in [0.25, 0.3) is 0 Å². The molecule has 0 unspecified atom stereocenters. The van der Waals surface area contributed by atoms with Crippen molar-refractivity contribution >= 4 is 8.60 Å². The molecule has 0 spiro atoms. The number of nitrogens with zero attached hydrogens (tertiary/aromatic N) is 1. The van der Waals surface area contributed by atoms with Crippen LogP contribution in [-0.4, -0.2) is 61.4 Å². The second-order valence-electron chi connectivity index (χ2n) is 2.88. The zero-order valence-electron chi connectivity index (χ0n) is 9.96. The monoisotopic (exact) mass is 255 g/mol. The standard InChI is InChI=1S/C9H22NO5P/c1-3-13-16(14-4-2)15-9-10(5-7-11)6-8-12/h11-12H,3-9H2,1-2H3. The third kappa shape index (κ3) is 8.35. The van der Waals surface area contributed by atoms with Gasteiger partial charge in [0.05, 0.1) is 26.4 Å². The molecule has 0 fully saturated rings. The Morgan fingerprint density at radius 2 is 1.44 bits per heavy atom. The van der Waals surface area contributed by atoms with Crippen LogP contribution in [0.3, 0.4) is 0 Å². The first-order valence-corrected chi connectivity index (χ1v) is 6.50.